The molecule has 0 aromatic heterocycles. The number of guanidine groups is 1. The number of alkyl halides is 3. The molecule has 7 heteroatoms. The maximum absolute atomic E-state index is 13.4. The van der Waals surface area contributed by atoms with Gasteiger partial charge in [-0.05, 0) is 39.0 Å². The lowest BCUT2D eigenvalue weighted by Crippen LogP contribution is -2.28. The summed E-state index contributed by atoms with van der Waals surface area (Å²) in [7, 11) is 0. The van der Waals surface area contributed by atoms with Gasteiger partial charge in [0.1, 0.15) is 5.82 Å². The Hall–Kier alpha value is -1.79. The Balaban J connectivity index is 3.05. The van der Waals surface area contributed by atoms with Crippen molar-refractivity contribution in [3.8, 4) is 0 Å². The van der Waals surface area contributed by atoms with Gasteiger partial charge in [0.05, 0.1) is 16.8 Å². The number of aliphatic imine (C=N–C) groups is 1. The van der Waals surface area contributed by atoms with Gasteiger partial charge in [0.25, 0.3) is 0 Å². The third kappa shape index (κ3) is 4.76. The lowest BCUT2D eigenvalue weighted by molar-refractivity contribution is -0.137. The van der Waals surface area contributed by atoms with Crippen LogP contribution in [0.5, 0.6) is 0 Å². The summed E-state index contributed by atoms with van der Waals surface area (Å²) in [4.78, 5) is 3.97. The second kappa shape index (κ2) is 5.07. The van der Waals surface area contributed by atoms with E-state index in [1.165, 1.54) is 0 Å². The molecule has 0 aliphatic heterocycles. The van der Waals surface area contributed by atoms with Gasteiger partial charge in [-0.3, -0.25) is 0 Å². The number of hydrogen-bond acceptors (Lipinski definition) is 1. The second-order valence-corrected chi connectivity index (χ2v) is 4.99. The van der Waals surface area contributed by atoms with Gasteiger partial charge in [0.15, 0.2) is 5.96 Å². The standard InChI is InChI=1S/C12H15F4N3/c1-11(2,3)19-10(17)18-9-6-7(12(14,15)16)4-5-8(9)13/h4-6H,1-3H3,(H3,17,18,19). The third-order valence-electron chi connectivity index (χ3n) is 2.01. The minimum atomic E-state index is -4.54. The van der Waals surface area contributed by atoms with Crippen LogP contribution in [0.2, 0.25) is 0 Å². The highest BCUT2D eigenvalue weighted by atomic mass is 19.4. The van der Waals surface area contributed by atoms with Crippen LogP contribution in [0.3, 0.4) is 0 Å². The number of anilines is 1. The summed E-state index contributed by atoms with van der Waals surface area (Å²) in [6.45, 7) is 5.26. The van der Waals surface area contributed by atoms with Gasteiger partial charge in [0, 0.05) is 0 Å². The molecule has 106 valence electrons. The summed E-state index contributed by atoms with van der Waals surface area (Å²) in [5.74, 6) is -0.981. The number of nitrogens with one attached hydrogen (secondary N) is 1. The molecule has 1 rings (SSSR count). The van der Waals surface area contributed by atoms with Crippen molar-refractivity contribution in [2.45, 2.75) is 32.5 Å². The zero-order valence-corrected chi connectivity index (χ0v) is 10.8. The van der Waals surface area contributed by atoms with Crippen LogP contribution in [-0.2, 0) is 6.18 Å². The summed E-state index contributed by atoms with van der Waals surface area (Å²) in [5.41, 5.74) is 3.67. The molecule has 3 nitrogen and oxygen atoms in total. The van der Waals surface area contributed by atoms with Crippen molar-refractivity contribution in [2.24, 2.45) is 10.7 Å². The third-order valence-corrected chi connectivity index (χ3v) is 2.01. The van der Waals surface area contributed by atoms with Gasteiger partial charge in [-0.25, -0.2) is 9.38 Å². The van der Waals surface area contributed by atoms with Crippen LogP contribution in [-0.4, -0.2) is 11.5 Å². The average Bonchev–Trinajstić information content (AvgIpc) is 2.16. The molecule has 0 radical (unpaired) electrons. The Morgan fingerprint density at radius 1 is 1.21 bits per heavy atom. The molecular formula is C12H15F4N3. The first kappa shape index (κ1) is 15.3. The molecule has 0 aliphatic rings. The predicted molar refractivity (Wildman–Crippen MR) is 66.4 cm³/mol. The fourth-order valence-corrected chi connectivity index (χ4v) is 1.32. The Morgan fingerprint density at radius 3 is 2.26 bits per heavy atom. The molecule has 0 heterocycles. The number of hydrogen-bond donors (Lipinski definition) is 2. The monoisotopic (exact) mass is 277 g/mol. The van der Waals surface area contributed by atoms with Crippen LogP contribution in [0.1, 0.15) is 26.3 Å². The first-order valence-corrected chi connectivity index (χ1v) is 5.48. The highest BCUT2D eigenvalue weighted by molar-refractivity contribution is 5.92. The summed E-state index contributed by atoms with van der Waals surface area (Å²) >= 11 is 0. The molecule has 0 bridgehead atoms. The van der Waals surface area contributed by atoms with Crippen LogP contribution < -0.4 is 11.1 Å². The lowest BCUT2D eigenvalue weighted by atomic mass is 10.1. The smallest absolute Gasteiger partial charge is 0.370 e. The normalized spacial score (nSPS) is 13.5. The van der Waals surface area contributed by atoms with Crippen LogP contribution in [0.25, 0.3) is 0 Å². The van der Waals surface area contributed by atoms with Crippen LogP contribution in [0, 0.1) is 5.82 Å². The lowest BCUT2D eigenvalue weighted by Gasteiger charge is -2.15. The van der Waals surface area contributed by atoms with Gasteiger partial charge >= 0.3 is 6.18 Å². The number of nitrogens with two attached hydrogens (primary N) is 1. The van der Waals surface area contributed by atoms with Gasteiger partial charge in [-0.2, -0.15) is 13.2 Å². The maximum Gasteiger partial charge on any atom is 0.416 e. The first-order valence-electron chi connectivity index (χ1n) is 5.48. The molecule has 1 aromatic rings. The Bertz CT molecular complexity index is 487. The first-order chi connectivity index (χ1) is 8.49. The number of halogens is 4. The topological polar surface area (TPSA) is 50.4 Å². The van der Waals surface area contributed by atoms with E-state index in [0.717, 1.165) is 6.07 Å². The molecule has 0 aliphatic carbocycles. The number of nitrogens with zero attached hydrogens (tertiary/aromatic N) is 1. The minimum absolute atomic E-state index is 0.147. The van der Waals surface area contributed by atoms with Crippen LogP contribution in [0.4, 0.5) is 23.2 Å². The number of rotatable bonds is 1. The van der Waals surface area contributed by atoms with Gasteiger partial charge in [-0.1, -0.05) is 0 Å². The summed E-state index contributed by atoms with van der Waals surface area (Å²) in [5, 5.41) is 2.33. The zero-order chi connectivity index (χ0) is 14.8. The van der Waals surface area contributed by atoms with Crippen molar-refractivity contribution < 1.29 is 17.6 Å². The van der Waals surface area contributed by atoms with E-state index < -0.39 is 23.1 Å². The predicted octanol–water partition coefficient (Wildman–Crippen LogP) is 3.37. The maximum atomic E-state index is 13.4. The summed E-state index contributed by atoms with van der Waals surface area (Å²) in [6, 6.07) is 2.05. The van der Waals surface area contributed by atoms with E-state index in [2.05, 4.69) is 10.3 Å². The number of benzene rings is 1. The van der Waals surface area contributed by atoms with Gasteiger partial charge < -0.3 is 11.1 Å². The highest BCUT2D eigenvalue weighted by Crippen LogP contribution is 2.31. The van der Waals surface area contributed by atoms with Gasteiger partial charge in [-0.15, -0.1) is 0 Å². The highest BCUT2D eigenvalue weighted by Gasteiger charge is 2.31. The quantitative estimate of drug-likeness (QED) is 0.470. The molecule has 0 saturated heterocycles. The fraction of sp³-hybridized carbons (Fsp3) is 0.417. The van der Waals surface area contributed by atoms with E-state index in [9.17, 15) is 17.6 Å². The van der Waals surface area contributed by atoms with E-state index in [-0.39, 0.29) is 11.6 Å². The van der Waals surface area contributed by atoms with E-state index in [0.29, 0.717) is 12.1 Å². The summed E-state index contributed by atoms with van der Waals surface area (Å²) < 4.78 is 50.9. The molecule has 0 fully saturated rings. The Labute approximate surface area is 108 Å². The minimum Gasteiger partial charge on any atom is -0.370 e. The molecule has 0 unspecified atom stereocenters. The van der Waals surface area contributed by atoms with Crippen molar-refractivity contribution in [1.29, 1.82) is 0 Å². The van der Waals surface area contributed by atoms with E-state index in [4.69, 9.17) is 5.73 Å². The molecule has 0 saturated carbocycles. The van der Waals surface area contributed by atoms with Crippen molar-refractivity contribution in [2.75, 3.05) is 5.32 Å². The summed E-state index contributed by atoms with van der Waals surface area (Å²) in [6.07, 6.45) is -4.54. The molecule has 0 amide bonds. The molecule has 0 spiro atoms. The van der Waals surface area contributed by atoms with E-state index in [1.807, 2.05) is 0 Å². The van der Waals surface area contributed by atoms with E-state index in [1.54, 1.807) is 20.8 Å². The van der Waals surface area contributed by atoms with Crippen molar-refractivity contribution in [3.05, 3.63) is 29.6 Å². The van der Waals surface area contributed by atoms with Crippen LogP contribution >= 0.6 is 0 Å². The molecule has 0 atom stereocenters. The van der Waals surface area contributed by atoms with Crippen molar-refractivity contribution in [3.63, 3.8) is 0 Å². The molecule has 3 N–H and O–H groups in total. The Morgan fingerprint density at radius 2 is 1.79 bits per heavy atom. The Kier molecular flexibility index (Phi) is 4.07. The SMILES string of the molecule is CC(C)(C)N=C(N)Nc1cc(C(F)(F)F)ccc1F. The largest absolute Gasteiger partial charge is 0.416 e. The van der Waals surface area contributed by atoms with Crippen molar-refractivity contribution in [1.82, 2.24) is 0 Å². The molecule has 1 aromatic carbocycles. The average molecular weight is 277 g/mol. The fourth-order valence-electron chi connectivity index (χ4n) is 1.32. The zero-order valence-electron chi connectivity index (χ0n) is 10.8. The van der Waals surface area contributed by atoms with Crippen molar-refractivity contribution >= 4 is 11.6 Å². The second-order valence-electron chi connectivity index (χ2n) is 4.99. The molecule has 19 heavy (non-hydrogen) atoms. The van der Waals surface area contributed by atoms with Crippen LogP contribution in [0.15, 0.2) is 23.2 Å². The van der Waals surface area contributed by atoms with E-state index >= 15 is 0 Å². The van der Waals surface area contributed by atoms with Gasteiger partial charge in [0.2, 0.25) is 0 Å². The molecular weight excluding hydrogens is 262 g/mol.